The largest absolute Gasteiger partial charge is 0.324 e. The minimum Gasteiger partial charge on any atom is -0.324 e. The zero-order chi connectivity index (χ0) is 14.5. The summed E-state index contributed by atoms with van der Waals surface area (Å²) in [4.78, 5) is 13.1. The zero-order valence-electron chi connectivity index (χ0n) is 11.4. The van der Waals surface area contributed by atoms with Gasteiger partial charge in [-0.2, -0.15) is 0 Å². The number of aryl methyl sites for hydroxylation is 2. The number of amides is 1. The minimum atomic E-state index is -0.0518. The fraction of sp³-hybridized carbons (Fsp3) is 0.188. The van der Waals surface area contributed by atoms with E-state index in [-0.39, 0.29) is 5.91 Å². The van der Waals surface area contributed by atoms with Crippen LogP contribution in [0.4, 0.5) is 5.69 Å². The number of thioether (sulfide) groups is 1. The lowest BCUT2D eigenvalue weighted by atomic mass is 10.2. The molecule has 0 saturated heterocycles. The van der Waals surface area contributed by atoms with E-state index in [0.29, 0.717) is 16.5 Å². The number of nitrogens with one attached hydrogen (secondary N) is 1. The molecule has 0 bridgehead atoms. The molecule has 1 amide bonds. The third-order valence-electron chi connectivity index (χ3n) is 2.85. The first kappa shape index (κ1) is 14.9. The van der Waals surface area contributed by atoms with E-state index < -0.39 is 0 Å². The lowest BCUT2D eigenvalue weighted by Crippen LogP contribution is -2.14. The molecule has 0 aromatic heterocycles. The first-order valence-corrected chi connectivity index (χ1v) is 7.67. The van der Waals surface area contributed by atoms with Crippen LogP contribution in [0.15, 0.2) is 47.4 Å². The van der Waals surface area contributed by atoms with Gasteiger partial charge in [0.15, 0.2) is 0 Å². The number of hydrogen-bond donors (Lipinski definition) is 1. The van der Waals surface area contributed by atoms with Gasteiger partial charge in [0.05, 0.1) is 16.5 Å². The highest BCUT2D eigenvalue weighted by molar-refractivity contribution is 8.00. The van der Waals surface area contributed by atoms with Crippen molar-refractivity contribution in [2.75, 3.05) is 11.1 Å². The van der Waals surface area contributed by atoms with E-state index in [1.54, 1.807) is 0 Å². The molecule has 1 N–H and O–H groups in total. The molecule has 4 heteroatoms. The maximum atomic E-state index is 11.9. The van der Waals surface area contributed by atoms with Gasteiger partial charge in [-0.05, 0) is 43.2 Å². The normalized spacial score (nSPS) is 10.3. The van der Waals surface area contributed by atoms with Crippen molar-refractivity contribution in [2.45, 2.75) is 18.7 Å². The van der Waals surface area contributed by atoms with Crippen LogP contribution in [0.2, 0.25) is 5.02 Å². The third kappa shape index (κ3) is 4.02. The van der Waals surface area contributed by atoms with Crippen LogP contribution in [0.1, 0.15) is 11.1 Å². The highest BCUT2D eigenvalue weighted by Gasteiger charge is 2.07. The van der Waals surface area contributed by atoms with Crippen LogP contribution in [0.5, 0.6) is 0 Å². The second-order valence-electron chi connectivity index (χ2n) is 4.59. The van der Waals surface area contributed by atoms with Crippen LogP contribution in [-0.2, 0) is 4.79 Å². The van der Waals surface area contributed by atoms with E-state index in [1.807, 2.05) is 56.3 Å². The van der Waals surface area contributed by atoms with Gasteiger partial charge in [-0.3, -0.25) is 4.79 Å². The number of halogens is 1. The van der Waals surface area contributed by atoms with Gasteiger partial charge in [0, 0.05) is 4.90 Å². The summed E-state index contributed by atoms with van der Waals surface area (Å²) in [5, 5.41) is 3.40. The van der Waals surface area contributed by atoms with Crippen molar-refractivity contribution in [3.63, 3.8) is 0 Å². The highest BCUT2D eigenvalue weighted by Crippen LogP contribution is 2.24. The molecule has 2 aromatic carbocycles. The fourth-order valence-corrected chi connectivity index (χ4v) is 2.88. The average Bonchev–Trinajstić information content (AvgIpc) is 2.41. The molecule has 0 saturated carbocycles. The molecule has 0 spiro atoms. The Bertz CT molecular complexity index is 628. The van der Waals surface area contributed by atoms with Crippen LogP contribution in [0.3, 0.4) is 0 Å². The van der Waals surface area contributed by atoms with Gasteiger partial charge in [-0.25, -0.2) is 0 Å². The predicted octanol–water partition coefficient (Wildman–Crippen LogP) is 4.69. The van der Waals surface area contributed by atoms with E-state index in [0.717, 1.165) is 10.5 Å². The molecule has 0 aliphatic rings. The summed E-state index contributed by atoms with van der Waals surface area (Å²) in [7, 11) is 0. The van der Waals surface area contributed by atoms with Crippen molar-refractivity contribution in [1.29, 1.82) is 0 Å². The lowest BCUT2D eigenvalue weighted by molar-refractivity contribution is -0.113. The molecule has 104 valence electrons. The molecular formula is C16H16ClNOS. The number of carbonyl (C=O) groups excluding carboxylic acids is 1. The summed E-state index contributed by atoms with van der Waals surface area (Å²) in [6, 6.07) is 13.6. The smallest absolute Gasteiger partial charge is 0.234 e. The van der Waals surface area contributed by atoms with Crippen LogP contribution < -0.4 is 5.32 Å². The Labute approximate surface area is 128 Å². The maximum Gasteiger partial charge on any atom is 0.234 e. The van der Waals surface area contributed by atoms with Crippen LogP contribution in [0.25, 0.3) is 0 Å². The molecular weight excluding hydrogens is 290 g/mol. The first-order valence-electron chi connectivity index (χ1n) is 6.30. The summed E-state index contributed by atoms with van der Waals surface area (Å²) >= 11 is 7.62. The van der Waals surface area contributed by atoms with E-state index >= 15 is 0 Å². The Morgan fingerprint density at radius 3 is 2.65 bits per heavy atom. The van der Waals surface area contributed by atoms with E-state index in [4.69, 9.17) is 11.6 Å². The van der Waals surface area contributed by atoms with Gasteiger partial charge in [0.1, 0.15) is 0 Å². The molecule has 0 atom stereocenters. The van der Waals surface area contributed by atoms with Gasteiger partial charge >= 0.3 is 0 Å². The Balaban J connectivity index is 1.94. The molecule has 0 aliphatic carbocycles. The predicted molar refractivity (Wildman–Crippen MR) is 86.7 cm³/mol. The quantitative estimate of drug-likeness (QED) is 0.830. The Morgan fingerprint density at radius 2 is 1.95 bits per heavy atom. The van der Waals surface area contributed by atoms with E-state index in [9.17, 15) is 4.79 Å². The highest BCUT2D eigenvalue weighted by atomic mass is 35.5. The van der Waals surface area contributed by atoms with Crippen LogP contribution in [0, 0.1) is 13.8 Å². The van der Waals surface area contributed by atoms with Gasteiger partial charge in [0.2, 0.25) is 5.91 Å². The summed E-state index contributed by atoms with van der Waals surface area (Å²) in [5.41, 5.74) is 2.91. The molecule has 0 radical (unpaired) electrons. The molecule has 0 fully saturated rings. The molecule has 20 heavy (non-hydrogen) atoms. The Morgan fingerprint density at radius 1 is 1.20 bits per heavy atom. The summed E-state index contributed by atoms with van der Waals surface area (Å²) < 4.78 is 0. The summed E-state index contributed by atoms with van der Waals surface area (Å²) in [6.07, 6.45) is 0. The van der Waals surface area contributed by atoms with Gasteiger partial charge in [0.25, 0.3) is 0 Å². The van der Waals surface area contributed by atoms with Gasteiger partial charge in [-0.15, -0.1) is 11.8 Å². The minimum absolute atomic E-state index is 0.0518. The molecule has 0 aliphatic heterocycles. The maximum absolute atomic E-state index is 11.9. The second-order valence-corrected chi connectivity index (χ2v) is 6.01. The standard InChI is InChI=1S/C16H16ClNOS/c1-11-7-8-14(13(17)9-11)18-16(19)10-20-15-6-4-3-5-12(15)2/h3-9H,10H2,1-2H3,(H,18,19). The van der Waals surface area contributed by atoms with Crippen molar-refractivity contribution in [2.24, 2.45) is 0 Å². The van der Waals surface area contributed by atoms with Gasteiger partial charge < -0.3 is 5.32 Å². The molecule has 2 rings (SSSR count). The first-order chi connectivity index (χ1) is 9.56. The van der Waals surface area contributed by atoms with Crippen molar-refractivity contribution in [3.8, 4) is 0 Å². The van der Waals surface area contributed by atoms with Crippen molar-refractivity contribution in [1.82, 2.24) is 0 Å². The molecule has 2 nitrogen and oxygen atoms in total. The zero-order valence-corrected chi connectivity index (χ0v) is 13.0. The van der Waals surface area contributed by atoms with Crippen molar-refractivity contribution < 1.29 is 4.79 Å². The third-order valence-corrected chi connectivity index (χ3v) is 4.34. The molecule has 2 aromatic rings. The fourth-order valence-electron chi connectivity index (χ4n) is 1.77. The van der Waals surface area contributed by atoms with E-state index in [1.165, 1.54) is 17.3 Å². The Kier molecular flexibility index (Phi) is 5.10. The van der Waals surface area contributed by atoms with Crippen LogP contribution >= 0.6 is 23.4 Å². The van der Waals surface area contributed by atoms with Crippen LogP contribution in [-0.4, -0.2) is 11.7 Å². The molecule has 0 unspecified atom stereocenters. The van der Waals surface area contributed by atoms with Crippen molar-refractivity contribution in [3.05, 3.63) is 58.6 Å². The lowest BCUT2D eigenvalue weighted by Gasteiger charge is -2.08. The number of rotatable bonds is 4. The number of benzene rings is 2. The van der Waals surface area contributed by atoms with Gasteiger partial charge in [-0.1, -0.05) is 35.9 Å². The average molecular weight is 306 g/mol. The second kappa shape index (κ2) is 6.82. The SMILES string of the molecule is Cc1ccc(NC(=O)CSc2ccccc2C)c(Cl)c1. The Hall–Kier alpha value is -1.45. The summed E-state index contributed by atoms with van der Waals surface area (Å²) in [6.45, 7) is 4.00. The number of hydrogen-bond acceptors (Lipinski definition) is 2. The van der Waals surface area contributed by atoms with Crippen molar-refractivity contribution >= 4 is 35.0 Å². The summed E-state index contributed by atoms with van der Waals surface area (Å²) in [5.74, 6) is 0.318. The number of carbonyl (C=O) groups is 1. The molecule has 0 heterocycles. The number of anilines is 1. The topological polar surface area (TPSA) is 29.1 Å². The van der Waals surface area contributed by atoms with E-state index in [2.05, 4.69) is 5.32 Å². The monoisotopic (exact) mass is 305 g/mol.